The summed E-state index contributed by atoms with van der Waals surface area (Å²) >= 11 is 0. The van der Waals surface area contributed by atoms with Crippen LogP contribution in [0.3, 0.4) is 0 Å². The smallest absolute Gasteiger partial charge is 0.364 e. The molecule has 3 heterocycles. The molecule has 3 fully saturated rings. The van der Waals surface area contributed by atoms with Crippen molar-refractivity contribution in [1.82, 2.24) is 10.6 Å². The molecular weight excluding hydrogens is 1020 g/mol. The first kappa shape index (κ1) is 69.5. The number of allylic oxidation sites excluding steroid dienone is 3. The molecule has 2 amide bonds. The third kappa shape index (κ3) is 22.9. The highest BCUT2D eigenvalue weighted by Gasteiger charge is 2.60. The first-order chi connectivity index (χ1) is 37.4. The van der Waals surface area contributed by atoms with Crippen LogP contribution in [0.1, 0.15) is 168 Å². The van der Waals surface area contributed by atoms with E-state index in [0.717, 1.165) is 71.1 Å². The number of aliphatic carboxylic acids is 1. The summed E-state index contributed by atoms with van der Waals surface area (Å²) in [5.41, 5.74) is 0. The molecule has 0 aliphatic carbocycles. The molecule has 0 aromatic heterocycles. The lowest BCUT2D eigenvalue weighted by atomic mass is 9.88. The van der Waals surface area contributed by atoms with Crippen molar-refractivity contribution in [3.63, 3.8) is 0 Å². The number of hydrogen-bond donors (Lipinski definition) is 14. The molecule has 3 rings (SSSR count). The van der Waals surface area contributed by atoms with Gasteiger partial charge >= 0.3 is 5.97 Å². The lowest BCUT2D eigenvalue weighted by Crippen LogP contribution is -2.70. The SMILES string of the molecule is CCCC/C=C\CCCCCCCC(=O)NC(COC1OC(CO)C(OC2OC(CO)C(O)C(OC3(C(=O)O)CC(O)C(NC(C)=O)C(C(O)C(O)CO)O3)C2O)C(O)C1O)C(O)/C=C/CCCCCCCCCCCCC. The summed E-state index contributed by atoms with van der Waals surface area (Å²) in [5.74, 6) is -6.16. The zero-order valence-electron chi connectivity index (χ0n) is 46.3. The van der Waals surface area contributed by atoms with Gasteiger partial charge in [-0.3, -0.25) is 9.59 Å². The van der Waals surface area contributed by atoms with Crippen molar-refractivity contribution in [3.8, 4) is 0 Å². The molecular formula is C55H98N2O21. The van der Waals surface area contributed by atoms with Gasteiger partial charge in [-0.2, -0.15) is 0 Å². The Labute approximate surface area is 460 Å². The number of amides is 2. The Morgan fingerprint density at radius 1 is 0.667 bits per heavy atom. The molecule has 18 atom stereocenters. The number of aliphatic hydroxyl groups excluding tert-OH is 11. The molecule has 0 radical (unpaired) electrons. The Bertz CT molecular complexity index is 1710. The minimum Gasteiger partial charge on any atom is -0.477 e. The van der Waals surface area contributed by atoms with Gasteiger partial charge in [0.1, 0.15) is 67.1 Å². The Morgan fingerprint density at radius 2 is 1.22 bits per heavy atom. The number of nitrogens with one attached hydrogen (secondary N) is 2. The number of ether oxygens (including phenoxy) is 6. The highest BCUT2D eigenvalue weighted by Crippen LogP contribution is 2.38. The van der Waals surface area contributed by atoms with Gasteiger partial charge in [-0.05, 0) is 38.5 Å². The lowest BCUT2D eigenvalue weighted by Gasteiger charge is -2.50. The Hall–Kier alpha value is -2.79. The van der Waals surface area contributed by atoms with Crippen LogP contribution in [0.15, 0.2) is 24.3 Å². The molecule has 18 unspecified atom stereocenters. The van der Waals surface area contributed by atoms with E-state index >= 15 is 0 Å². The summed E-state index contributed by atoms with van der Waals surface area (Å²) < 4.78 is 34.6. The van der Waals surface area contributed by atoms with E-state index in [1.54, 1.807) is 6.08 Å². The second-order valence-corrected chi connectivity index (χ2v) is 21.1. The van der Waals surface area contributed by atoms with E-state index in [-0.39, 0.29) is 12.3 Å². The molecule has 454 valence electrons. The molecule has 3 aliphatic rings. The third-order valence-corrected chi connectivity index (χ3v) is 14.6. The highest BCUT2D eigenvalue weighted by molar-refractivity contribution is 5.77. The van der Waals surface area contributed by atoms with Crippen molar-refractivity contribution in [3.05, 3.63) is 24.3 Å². The lowest BCUT2D eigenvalue weighted by molar-refractivity contribution is -0.386. The standard InChI is InChI=1S/C55H98N2O21/c1-4-6-8-10-12-14-16-17-19-20-22-24-26-28-37(62)36(57-42(65)29-27-25-23-21-18-15-13-11-9-7-5-2)34-73-52-47(69)46(68)49(41(33-60)75-52)76-53-48(70)51(45(67)40(32-59)74-53)78-55(54(71)72)30-38(63)43(56-35(3)61)50(77-55)44(66)39(64)31-58/h11,13,26,28,36-41,43-53,58-60,62-64,66-70H,4-10,12,14-25,27,29-34H2,1-3H3,(H,56,61)(H,57,65)(H,71,72)/b13-11-,28-26+. The van der Waals surface area contributed by atoms with Gasteiger partial charge in [-0.15, -0.1) is 0 Å². The van der Waals surface area contributed by atoms with Crippen LogP contribution in [0.2, 0.25) is 0 Å². The van der Waals surface area contributed by atoms with Crippen LogP contribution in [0.5, 0.6) is 0 Å². The highest BCUT2D eigenvalue weighted by atomic mass is 16.8. The van der Waals surface area contributed by atoms with Gasteiger partial charge in [0.25, 0.3) is 5.79 Å². The normalized spacial score (nSPS) is 31.3. The number of aliphatic hydroxyl groups is 11. The first-order valence-corrected chi connectivity index (χ1v) is 28.7. The van der Waals surface area contributed by atoms with Crippen molar-refractivity contribution in [2.45, 2.75) is 278 Å². The molecule has 23 nitrogen and oxygen atoms in total. The van der Waals surface area contributed by atoms with Gasteiger partial charge in [-0.1, -0.05) is 134 Å². The monoisotopic (exact) mass is 1120 g/mol. The first-order valence-electron chi connectivity index (χ1n) is 28.7. The zero-order chi connectivity index (χ0) is 57.6. The molecule has 3 aliphatic heterocycles. The number of unbranched alkanes of at least 4 members (excludes halogenated alkanes) is 18. The second kappa shape index (κ2) is 38.1. The number of hydrogen-bond acceptors (Lipinski definition) is 20. The summed E-state index contributed by atoms with van der Waals surface area (Å²) in [6, 6.07) is -2.62. The van der Waals surface area contributed by atoms with E-state index < -0.39 is 155 Å². The Balaban J connectivity index is 1.71. The molecule has 0 saturated carbocycles. The van der Waals surface area contributed by atoms with Crippen LogP contribution in [-0.4, -0.2) is 215 Å². The fourth-order valence-electron chi connectivity index (χ4n) is 9.92. The Morgan fingerprint density at radius 3 is 1.78 bits per heavy atom. The molecule has 0 aromatic carbocycles. The number of carboxylic acids is 1. The predicted molar refractivity (Wildman–Crippen MR) is 283 cm³/mol. The van der Waals surface area contributed by atoms with Crippen molar-refractivity contribution in [1.29, 1.82) is 0 Å². The number of carbonyl (C=O) groups excluding carboxylic acids is 2. The number of carboxylic acid groups (broad SMARTS) is 1. The summed E-state index contributed by atoms with van der Waals surface area (Å²) in [7, 11) is 0. The van der Waals surface area contributed by atoms with Gasteiger partial charge in [0.05, 0.1) is 50.7 Å². The van der Waals surface area contributed by atoms with E-state index in [4.69, 9.17) is 28.4 Å². The van der Waals surface area contributed by atoms with E-state index in [1.807, 2.05) is 6.08 Å². The molecule has 23 heteroatoms. The van der Waals surface area contributed by atoms with E-state index in [9.17, 15) is 75.7 Å². The third-order valence-electron chi connectivity index (χ3n) is 14.6. The summed E-state index contributed by atoms with van der Waals surface area (Å²) in [6.45, 7) is 2.01. The van der Waals surface area contributed by atoms with E-state index in [1.165, 1.54) is 57.8 Å². The van der Waals surface area contributed by atoms with Crippen molar-refractivity contribution in [2.24, 2.45) is 0 Å². The van der Waals surface area contributed by atoms with E-state index in [2.05, 4.69) is 36.6 Å². The fourth-order valence-corrected chi connectivity index (χ4v) is 9.92. The van der Waals surface area contributed by atoms with Crippen LogP contribution in [-0.2, 0) is 42.8 Å². The molecule has 3 saturated heterocycles. The van der Waals surface area contributed by atoms with Crippen LogP contribution < -0.4 is 10.6 Å². The Kier molecular flexibility index (Phi) is 33.9. The average molecular weight is 1120 g/mol. The van der Waals surface area contributed by atoms with Gasteiger partial charge in [-0.25, -0.2) is 4.79 Å². The predicted octanol–water partition coefficient (Wildman–Crippen LogP) is 1.38. The molecule has 0 aromatic rings. The molecule has 0 bridgehead atoms. The quantitative estimate of drug-likeness (QED) is 0.0304. The van der Waals surface area contributed by atoms with Crippen LogP contribution in [0.4, 0.5) is 0 Å². The second-order valence-electron chi connectivity index (χ2n) is 21.1. The van der Waals surface area contributed by atoms with Gasteiger partial charge in [0.15, 0.2) is 12.6 Å². The average Bonchev–Trinajstić information content (AvgIpc) is 3.42. The minimum absolute atomic E-state index is 0.189. The largest absolute Gasteiger partial charge is 0.477 e. The molecule has 14 N–H and O–H groups in total. The van der Waals surface area contributed by atoms with Crippen molar-refractivity contribution < 1.29 is 104 Å². The maximum Gasteiger partial charge on any atom is 0.364 e. The maximum absolute atomic E-state index is 13.3. The minimum atomic E-state index is -3.08. The zero-order valence-corrected chi connectivity index (χ0v) is 46.3. The van der Waals surface area contributed by atoms with Gasteiger partial charge < -0.3 is 100 Å². The van der Waals surface area contributed by atoms with E-state index in [0.29, 0.717) is 12.8 Å². The van der Waals surface area contributed by atoms with Crippen molar-refractivity contribution >= 4 is 17.8 Å². The number of carbonyl (C=O) groups is 3. The molecule has 0 spiro atoms. The van der Waals surface area contributed by atoms with Gasteiger partial charge in [0.2, 0.25) is 11.8 Å². The van der Waals surface area contributed by atoms with Crippen LogP contribution in [0, 0.1) is 0 Å². The van der Waals surface area contributed by atoms with Crippen LogP contribution >= 0.6 is 0 Å². The summed E-state index contributed by atoms with van der Waals surface area (Å²) in [6.07, 6.45) is 1.27. The number of rotatable bonds is 40. The summed E-state index contributed by atoms with van der Waals surface area (Å²) in [5, 5.41) is 135. The topological polar surface area (TPSA) is 373 Å². The van der Waals surface area contributed by atoms with Crippen molar-refractivity contribution in [2.75, 3.05) is 26.4 Å². The van der Waals surface area contributed by atoms with Gasteiger partial charge in [0, 0.05) is 19.8 Å². The maximum atomic E-state index is 13.3. The molecule has 78 heavy (non-hydrogen) atoms. The van der Waals surface area contributed by atoms with Crippen LogP contribution in [0.25, 0.3) is 0 Å². The summed E-state index contributed by atoms with van der Waals surface area (Å²) in [4.78, 5) is 38.3. The fraction of sp³-hybridized carbons (Fsp3) is 0.873.